The van der Waals surface area contributed by atoms with E-state index >= 15 is 0 Å². The van der Waals surface area contributed by atoms with Gasteiger partial charge in [-0.15, -0.1) is 0 Å². The molecule has 1 N–H and O–H groups in total. The summed E-state index contributed by atoms with van der Waals surface area (Å²) < 4.78 is 0. The zero-order valence-corrected chi connectivity index (χ0v) is 9.26. The van der Waals surface area contributed by atoms with E-state index in [1.54, 1.807) is 0 Å². The Morgan fingerprint density at radius 1 is 1.36 bits per heavy atom. The highest BCUT2D eigenvalue weighted by atomic mass is 32.2. The van der Waals surface area contributed by atoms with Gasteiger partial charge in [-0.05, 0) is 43.6 Å². The maximum absolute atomic E-state index is 11.0. The molecule has 1 saturated carbocycles. The summed E-state index contributed by atoms with van der Waals surface area (Å²) in [6.07, 6.45) is 5.92. The van der Waals surface area contributed by atoms with E-state index in [4.69, 9.17) is 5.11 Å². The molecule has 3 heteroatoms. The van der Waals surface area contributed by atoms with Crippen molar-refractivity contribution >= 4 is 16.9 Å². The van der Waals surface area contributed by atoms with Gasteiger partial charge in [0.1, 0.15) is 0 Å². The van der Waals surface area contributed by atoms with Gasteiger partial charge in [-0.3, -0.25) is 4.79 Å². The van der Waals surface area contributed by atoms with E-state index in [0.29, 0.717) is 18.4 Å². The fourth-order valence-electron chi connectivity index (χ4n) is 1.84. The molecule has 1 rings (SSSR count). The predicted molar refractivity (Wildman–Crippen MR) is 60.2 cm³/mol. The van der Waals surface area contributed by atoms with Crippen LogP contribution in [0.25, 0.3) is 0 Å². The van der Waals surface area contributed by atoms with Crippen LogP contribution in [0.2, 0.25) is 0 Å². The molecular formula is C11H18O2S. The minimum Gasteiger partial charge on any atom is -0.396 e. The van der Waals surface area contributed by atoms with Crippen LogP contribution in [0.4, 0.5) is 0 Å². The topological polar surface area (TPSA) is 37.3 Å². The van der Waals surface area contributed by atoms with Crippen LogP contribution >= 0.6 is 11.8 Å². The maximum Gasteiger partial charge on any atom is 0.211 e. The summed E-state index contributed by atoms with van der Waals surface area (Å²) in [4.78, 5) is 11.0. The molecule has 0 aliphatic heterocycles. The molecule has 0 heterocycles. The van der Waals surface area contributed by atoms with Gasteiger partial charge >= 0.3 is 0 Å². The maximum atomic E-state index is 11.0. The van der Waals surface area contributed by atoms with Crippen LogP contribution < -0.4 is 0 Å². The van der Waals surface area contributed by atoms with E-state index in [0.717, 1.165) is 31.4 Å². The molecule has 0 atom stereocenters. The molecule has 0 spiro atoms. The normalized spacial score (nSPS) is 27.2. The van der Waals surface area contributed by atoms with Crippen LogP contribution in [0.1, 0.15) is 25.7 Å². The molecular weight excluding hydrogens is 196 g/mol. The first-order valence-corrected chi connectivity index (χ1v) is 6.15. The van der Waals surface area contributed by atoms with Crippen LogP contribution in [-0.4, -0.2) is 22.6 Å². The Kier molecular flexibility index (Phi) is 5.26. The van der Waals surface area contributed by atoms with Gasteiger partial charge in [0.05, 0.1) is 0 Å². The van der Waals surface area contributed by atoms with Crippen molar-refractivity contribution in [1.29, 1.82) is 0 Å². The number of aliphatic hydroxyl groups excluding tert-OH is 1. The van der Waals surface area contributed by atoms with Crippen molar-refractivity contribution in [1.82, 2.24) is 0 Å². The fraction of sp³-hybridized carbons (Fsp3) is 0.727. The van der Waals surface area contributed by atoms with Crippen molar-refractivity contribution in [3.63, 3.8) is 0 Å². The zero-order valence-electron chi connectivity index (χ0n) is 8.45. The average Bonchev–Trinajstić information content (AvgIpc) is 2.26. The zero-order chi connectivity index (χ0) is 10.4. The van der Waals surface area contributed by atoms with Gasteiger partial charge < -0.3 is 5.11 Å². The standard InChI is InChI=1S/C11H18O2S/c1-2-11(13)14-8-10-5-3-9(7-12)4-6-10/h2,9-10,12H,1,3-8H2. The minimum atomic E-state index is 0.0780. The minimum absolute atomic E-state index is 0.0780. The van der Waals surface area contributed by atoms with E-state index in [9.17, 15) is 4.79 Å². The lowest BCUT2D eigenvalue weighted by molar-refractivity contribution is -0.107. The second kappa shape index (κ2) is 6.25. The molecule has 0 bridgehead atoms. The molecule has 0 unspecified atom stereocenters. The Hall–Kier alpha value is -0.280. The number of rotatable bonds is 4. The van der Waals surface area contributed by atoms with Crippen LogP contribution in [0.3, 0.4) is 0 Å². The number of hydrogen-bond donors (Lipinski definition) is 1. The number of carbonyl (C=O) groups excluding carboxylic acids is 1. The van der Waals surface area contributed by atoms with Gasteiger partial charge in [0.15, 0.2) is 0 Å². The van der Waals surface area contributed by atoms with Crippen molar-refractivity contribution in [2.75, 3.05) is 12.4 Å². The molecule has 2 nitrogen and oxygen atoms in total. The second-order valence-corrected chi connectivity index (χ2v) is 4.93. The van der Waals surface area contributed by atoms with Gasteiger partial charge in [-0.25, -0.2) is 0 Å². The smallest absolute Gasteiger partial charge is 0.211 e. The third-order valence-corrected chi connectivity index (χ3v) is 3.94. The van der Waals surface area contributed by atoms with Gasteiger partial charge in [0, 0.05) is 12.4 Å². The molecule has 0 aromatic carbocycles. The summed E-state index contributed by atoms with van der Waals surface area (Å²) in [5.74, 6) is 2.08. The van der Waals surface area contributed by atoms with Gasteiger partial charge in [0.2, 0.25) is 5.12 Å². The number of hydrogen-bond acceptors (Lipinski definition) is 3. The summed E-state index contributed by atoms with van der Waals surface area (Å²) in [6.45, 7) is 3.77. The summed E-state index contributed by atoms with van der Waals surface area (Å²) in [6, 6.07) is 0. The van der Waals surface area contributed by atoms with Crippen molar-refractivity contribution < 1.29 is 9.90 Å². The highest BCUT2D eigenvalue weighted by Gasteiger charge is 2.20. The first kappa shape index (κ1) is 11.8. The lowest BCUT2D eigenvalue weighted by Gasteiger charge is -2.26. The van der Waals surface area contributed by atoms with E-state index in [2.05, 4.69) is 6.58 Å². The summed E-state index contributed by atoms with van der Waals surface area (Å²) in [5.41, 5.74) is 0. The molecule has 1 fully saturated rings. The summed E-state index contributed by atoms with van der Waals surface area (Å²) in [7, 11) is 0. The van der Waals surface area contributed by atoms with E-state index in [1.165, 1.54) is 17.8 Å². The highest BCUT2D eigenvalue weighted by Crippen LogP contribution is 2.30. The fourth-order valence-corrected chi connectivity index (χ4v) is 2.69. The van der Waals surface area contributed by atoms with Crippen molar-refractivity contribution in [2.24, 2.45) is 11.8 Å². The Balaban J connectivity index is 2.16. The van der Waals surface area contributed by atoms with Gasteiger partial charge in [0.25, 0.3) is 0 Å². The van der Waals surface area contributed by atoms with E-state index < -0.39 is 0 Å². The molecule has 80 valence electrons. The second-order valence-electron chi connectivity index (χ2n) is 3.90. The number of carbonyl (C=O) groups is 1. The van der Waals surface area contributed by atoms with Crippen molar-refractivity contribution in [3.05, 3.63) is 12.7 Å². The Bertz CT molecular complexity index is 195. The van der Waals surface area contributed by atoms with Crippen molar-refractivity contribution in [2.45, 2.75) is 25.7 Å². The first-order valence-electron chi connectivity index (χ1n) is 5.16. The number of aliphatic hydroxyl groups is 1. The molecule has 14 heavy (non-hydrogen) atoms. The van der Waals surface area contributed by atoms with Crippen LogP contribution in [0.15, 0.2) is 12.7 Å². The van der Waals surface area contributed by atoms with Gasteiger partial charge in [-0.1, -0.05) is 18.3 Å². The molecule has 0 radical (unpaired) electrons. The van der Waals surface area contributed by atoms with Crippen LogP contribution in [0.5, 0.6) is 0 Å². The summed E-state index contributed by atoms with van der Waals surface area (Å²) >= 11 is 1.37. The van der Waals surface area contributed by atoms with Gasteiger partial charge in [-0.2, -0.15) is 0 Å². The largest absolute Gasteiger partial charge is 0.396 e. The Morgan fingerprint density at radius 3 is 2.43 bits per heavy atom. The predicted octanol–water partition coefficient (Wildman–Crippen LogP) is 2.23. The number of thioether (sulfide) groups is 1. The summed E-state index contributed by atoms with van der Waals surface area (Å²) in [5, 5.41) is 9.04. The average molecular weight is 214 g/mol. The lowest BCUT2D eigenvalue weighted by Crippen LogP contribution is -2.18. The third kappa shape index (κ3) is 3.84. The molecule has 0 aromatic heterocycles. The molecule has 1 aliphatic rings. The van der Waals surface area contributed by atoms with E-state index in [-0.39, 0.29) is 5.12 Å². The van der Waals surface area contributed by atoms with Crippen molar-refractivity contribution in [3.8, 4) is 0 Å². The first-order chi connectivity index (χ1) is 6.76. The SMILES string of the molecule is C=CC(=O)SCC1CCC(CO)CC1. The molecule has 0 aromatic rings. The monoisotopic (exact) mass is 214 g/mol. The van der Waals surface area contributed by atoms with E-state index in [1.807, 2.05) is 0 Å². The highest BCUT2D eigenvalue weighted by molar-refractivity contribution is 8.14. The quantitative estimate of drug-likeness (QED) is 0.729. The Labute approximate surface area is 89.8 Å². The molecule has 0 amide bonds. The molecule has 0 saturated heterocycles. The van der Waals surface area contributed by atoms with Crippen LogP contribution in [-0.2, 0) is 4.79 Å². The lowest BCUT2D eigenvalue weighted by atomic mass is 9.83. The third-order valence-electron chi connectivity index (χ3n) is 2.85. The molecule has 1 aliphatic carbocycles. The van der Waals surface area contributed by atoms with Crippen LogP contribution in [0, 0.1) is 11.8 Å². The Morgan fingerprint density at radius 2 is 1.93 bits per heavy atom.